The van der Waals surface area contributed by atoms with Crippen LogP contribution in [0, 0.1) is 0 Å². The minimum Gasteiger partial charge on any atom is -0.443 e. The molecule has 2 amide bonds. The van der Waals surface area contributed by atoms with Gasteiger partial charge in [0.25, 0.3) is 0 Å². The molecular formula is C39H40N2O5S. The molecule has 5 aromatic carbocycles. The highest BCUT2D eigenvalue weighted by atomic mass is 32.2. The number of carbonyl (C=O) groups is 2. The molecule has 5 rings (SSSR count). The van der Waals surface area contributed by atoms with Crippen molar-refractivity contribution in [2.45, 2.75) is 63.1 Å². The first-order valence-corrected chi connectivity index (χ1v) is 17.2. The van der Waals surface area contributed by atoms with Crippen molar-refractivity contribution in [3.05, 3.63) is 132 Å². The molecule has 1 N–H and O–H groups in total. The second kappa shape index (κ2) is 14.2. The molecule has 242 valence electrons. The number of aryl methyl sites for hydroxylation is 1. The Morgan fingerprint density at radius 1 is 0.787 bits per heavy atom. The molecule has 8 heteroatoms. The third-order valence-electron chi connectivity index (χ3n) is 7.82. The van der Waals surface area contributed by atoms with Crippen molar-refractivity contribution in [2.24, 2.45) is 0 Å². The Morgan fingerprint density at radius 3 is 2.00 bits per heavy atom. The van der Waals surface area contributed by atoms with Gasteiger partial charge in [-0.25, -0.2) is 13.2 Å². The summed E-state index contributed by atoms with van der Waals surface area (Å²) in [6, 6.07) is 34.1. The molecule has 0 fully saturated rings. The van der Waals surface area contributed by atoms with E-state index in [4.69, 9.17) is 4.74 Å². The zero-order chi connectivity index (χ0) is 33.6. The molecule has 0 aromatic heterocycles. The smallest absolute Gasteiger partial charge is 0.415 e. The summed E-state index contributed by atoms with van der Waals surface area (Å²) in [4.78, 5) is 29.0. The molecule has 5 aromatic rings. The molecule has 0 heterocycles. The van der Waals surface area contributed by atoms with Gasteiger partial charge >= 0.3 is 6.09 Å². The minimum atomic E-state index is -3.82. The summed E-state index contributed by atoms with van der Waals surface area (Å²) >= 11 is 0. The van der Waals surface area contributed by atoms with E-state index in [1.807, 2.05) is 91.0 Å². The first-order valence-electron chi connectivity index (χ1n) is 15.7. The van der Waals surface area contributed by atoms with Gasteiger partial charge in [0.1, 0.15) is 11.6 Å². The Labute approximate surface area is 276 Å². The number of nitrogens with zero attached hydrogens (tertiary/aromatic N) is 1. The molecule has 0 radical (unpaired) electrons. The topological polar surface area (TPSA) is 92.8 Å². The van der Waals surface area contributed by atoms with Gasteiger partial charge in [0.05, 0.1) is 4.90 Å². The van der Waals surface area contributed by atoms with Crippen molar-refractivity contribution in [1.29, 1.82) is 0 Å². The third-order valence-corrected chi connectivity index (χ3v) is 9.25. The molecule has 0 spiro atoms. The van der Waals surface area contributed by atoms with E-state index in [2.05, 4.69) is 5.32 Å². The monoisotopic (exact) mass is 648 g/mol. The van der Waals surface area contributed by atoms with Crippen molar-refractivity contribution in [3.63, 3.8) is 0 Å². The van der Waals surface area contributed by atoms with Crippen LogP contribution in [0.4, 0.5) is 10.5 Å². The predicted octanol–water partition coefficient (Wildman–Crippen LogP) is 8.23. The van der Waals surface area contributed by atoms with Crippen molar-refractivity contribution in [1.82, 2.24) is 5.32 Å². The largest absolute Gasteiger partial charge is 0.443 e. The van der Waals surface area contributed by atoms with Crippen LogP contribution in [0.5, 0.6) is 0 Å². The van der Waals surface area contributed by atoms with Crippen LogP contribution >= 0.6 is 0 Å². The maximum Gasteiger partial charge on any atom is 0.415 e. The SMILES string of the molecule is CC(C(=O)N[C@H](/C=C/S(=O)(=O)c1ccc2ccccc2c1)CCc1ccccc1)N(C(=O)OC(C)(C)C)c1ccc2ccccc2c1. The normalized spacial score (nSPS) is 13.4. The average molecular weight is 649 g/mol. The number of ether oxygens (including phenoxy) is 1. The Balaban J connectivity index is 1.43. The standard InChI is InChI=1S/C39H40N2O5S/c1-28(41(38(43)46-39(2,3)4)35-22-19-30-14-8-10-16-32(30)26-35)37(42)40-34(21-18-29-12-6-5-7-13-29)24-25-47(44,45)36-23-20-31-15-9-11-17-33(31)27-36/h5-17,19-20,22-28,34H,18,21H2,1-4H3,(H,40,42)/b25-24+/t28?,34-/m0/s1. The Morgan fingerprint density at radius 2 is 1.36 bits per heavy atom. The van der Waals surface area contributed by atoms with Gasteiger partial charge in [-0.15, -0.1) is 0 Å². The number of amides is 2. The maximum atomic E-state index is 13.9. The van der Waals surface area contributed by atoms with Crippen LogP contribution < -0.4 is 10.2 Å². The Bertz CT molecular complexity index is 2020. The van der Waals surface area contributed by atoms with Crippen molar-refractivity contribution >= 4 is 49.1 Å². The highest BCUT2D eigenvalue weighted by molar-refractivity contribution is 7.94. The summed E-state index contributed by atoms with van der Waals surface area (Å²) in [6.45, 7) is 6.95. The van der Waals surface area contributed by atoms with Crippen molar-refractivity contribution < 1.29 is 22.7 Å². The lowest BCUT2D eigenvalue weighted by Gasteiger charge is -2.32. The number of sulfone groups is 1. The lowest BCUT2D eigenvalue weighted by atomic mass is 10.0. The van der Waals surface area contributed by atoms with Crippen LogP contribution in [0.15, 0.2) is 132 Å². The fraction of sp³-hybridized carbons (Fsp3) is 0.231. The van der Waals surface area contributed by atoms with Gasteiger partial charge in [-0.05, 0) is 91.9 Å². The number of rotatable bonds is 10. The second-order valence-corrected chi connectivity index (χ2v) is 14.4. The van der Waals surface area contributed by atoms with E-state index in [0.717, 1.165) is 32.5 Å². The van der Waals surface area contributed by atoms with E-state index in [-0.39, 0.29) is 4.90 Å². The van der Waals surface area contributed by atoms with Crippen LogP contribution in [-0.4, -0.2) is 38.1 Å². The van der Waals surface area contributed by atoms with E-state index in [0.29, 0.717) is 18.5 Å². The van der Waals surface area contributed by atoms with E-state index in [9.17, 15) is 18.0 Å². The summed E-state index contributed by atoms with van der Waals surface area (Å²) in [5.41, 5.74) is 0.772. The third kappa shape index (κ3) is 8.65. The molecule has 0 aliphatic carbocycles. The van der Waals surface area contributed by atoms with Crippen LogP contribution in [0.3, 0.4) is 0 Å². The number of hydrogen-bond acceptors (Lipinski definition) is 5. The quantitative estimate of drug-likeness (QED) is 0.165. The van der Waals surface area contributed by atoms with E-state index in [1.165, 1.54) is 11.0 Å². The van der Waals surface area contributed by atoms with Gasteiger partial charge < -0.3 is 10.1 Å². The zero-order valence-electron chi connectivity index (χ0n) is 27.1. The van der Waals surface area contributed by atoms with Gasteiger partial charge in [-0.1, -0.05) is 97.1 Å². The first-order chi connectivity index (χ1) is 22.4. The average Bonchev–Trinajstić information content (AvgIpc) is 3.05. The number of hydrogen-bond donors (Lipinski definition) is 1. The first kappa shape index (κ1) is 33.4. The summed E-state index contributed by atoms with van der Waals surface area (Å²) < 4.78 is 32.6. The highest BCUT2D eigenvalue weighted by Crippen LogP contribution is 2.26. The fourth-order valence-electron chi connectivity index (χ4n) is 5.35. The molecule has 0 saturated carbocycles. The fourth-order valence-corrected chi connectivity index (χ4v) is 6.45. The molecule has 0 saturated heterocycles. The molecule has 0 aliphatic heterocycles. The number of nitrogens with one attached hydrogen (secondary N) is 1. The lowest BCUT2D eigenvalue weighted by Crippen LogP contribution is -2.51. The minimum absolute atomic E-state index is 0.168. The maximum absolute atomic E-state index is 13.9. The molecule has 0 bridgehead atoms. The van der Waals surface area contributed by atoms with Gasteiger partial charge in [0.15, 0.2) is 9.84 Å². The van der Waals surface area contributed by atoms with Crippen LogP contribution in [-0.2, 0) is 25.8 Å². The van der Waals surface area contributed by atoms with Gasteiger partial charge in [0.2, 0.25) is 5.91 Å². The molecular weight excluding hydrogens is 609 g/mol. The highest BCUT2D eigenvalue weighted by Gasteiger charge is 2.32. The van der Waals surface area contributed by atoms with E-state index in [1.54, 1.807) is 52.0 Å². The molecule has 47 heavy (non-hydrogen) atoms. The molecule has 2 atom stereocenters. The van der Waals surface area contributed by atoms with Gasteiger partial charge in [-0.3, -0.25) is 9.69 Å². The van der Waals surface area contributed by atoms with Crippen molar-refractivity contribution in [2.75, 3.05) is 4.90 Å². The molecule has 7 nitrogen and oxygen atoms in total. The van der Waals surface area contributed by atoms with E-state index >= 15 is 0 Å². The Kier molecular flexibility index (Phi) is 10.1. The summed E-state index contributed by atoms with van der Waals surface area (Å²) in [5.74, 6) is -0.449. The Hall–Kier alpha value is -4.95. The van der Waals surface area contributed by atoms with Crippen molar-refractivity contribution in [3.8, 4) is 0 Å². The number of fused-ring (bicyclic) bond motifs is 2. The molecule has 1 unspecified atom stereocenters. The van der Waals surface area contributed by atoms with E-state index < -0.39 is 39.5 Å². The van der Waals surface area contributed by atoms with Gasteiger partial charge in [0, 0.05) is 17.1 Å². The van der Waals surface area contributed by atoms with Crippen LogP contribution in [0.1, 0.15) is 39.7 Å². The second-order valence-electron chi connectivity index (χ2n) is 12.6. The zero-order valence-corrected chi connectivity index (χ0v) is 27.9. The number of carbonyl (C=O) groups excluding carboxylic acids is 2. The summed E-state index contributed by atoms with van der Waals surface area (Å²) in [6.07, 6.45) is 1.90. The lowest BCUT2D eigenvalue weighted by molar-refractivity contribution is -0.122. The predicted molar refractivity (Wildman–Crippen MR) is 189 cm³/mol. The summed E-state index contributed by atoms with van der Waals surface area (Å²) in [7, 11) is -3.82. The van der Waals surface area contributed by atoms with Crippen LogP contribution in [0.25, 0.3) is 21.5 Å². The molecule has 0 aliphatic rings. The summed E-state index contributed by atoms with van der Waals surface area (Å²) in [5, 5.41) is 7.84. The number of benzene rings is 5. The van der Waals surface area contributed by atoms with Crippen LogP contribution in [0.2, 0.25) is 0 Å². The number of anilines is 1. The van der Waals surface area contributed by atoms with Gasteiger partial charge in [-0.2, -0.15) is 0 Å².